The molecule has 0 bridgehead atoms. The summed E-state index contributed by atoms with van der Waals surface area (Å²) in [5, 5.41) is 17.4. The molecule has 116 valence electrons. The van der Waals surface area contributed by atoms with Crippen LogP contribution in [0, 0.1) is 15.5 Å². The second-order valence-corrected chi connectivity index (χ2v) is 5.80. The quantitative estimate of drug-likeness (QED) is 0.590. The van der Waals surface area contributed by atoms with Crippen molar-refractivity contribution in [1.29, 1.82) is 0 Å². The standard InChI is InChI=1S/C15H24N4O2/c1-3-15(7-5-6-8-15)11-17-14-10-12(19(20)21)9-13(18-14)16-4-2/h9-10H,3-8,11H2,1-2H3,(H2,16,17,18). The molecule has 0 radical (unpaired) electrons. The Morgan fingerprint density at radius 3 is 2.38 bits per heavy atom. The summed E-state index contributed by atoms with van der Waals surface area (Å²) in [6, 6.07) is 2.99. The molecule has 1 aromatic heterocycles. The van der Waals surface area contributed by atoms with Gasteiger partial charge in [-0.05, 0) is 31.6 Å². The summed E-state index contributed by atoms with van der Waals surface area (Å²) >= 11 is 0. The number of nitro groups is 1. The van der Waals surface area contributed by atoms with Gasteiger partial charge < -0.3 is 10.6 Å². The van der Waals surface area contributed by atoms with E-state index in [9.17, 15) is 10.1 Å². The first-order valence-corrected chi connectivity index (χ1v) is 7.73. The van der Waals surface area contributed by atoms with Gasteiger partial charge in [-0.3, -0.25) is 10.1 Å². The fourth-order valence-corrected chi connectivity index (χ4v) is 3.04. The lowest BCUT2D eigenvalue weighted by atomic mass is 9.83. The molecule has 0 amide bonds. The molecule has 0 saturated heterocycles. The lowest BCUT2D eigenvalue weighted by Crippen LogP contribution is -2.26. The summed E-state index contributed by atoms with van der Waals surface area (Å²) in [5.41, 5.74) is 0.394. The van der Waals surface area contributed by atoms with Crippen molar-refractivity contribution in [2.45, 2.75) is 46.0 Å². The van der Waals surface area contributed by atoms with Crippen molar-refractivity contribution in [3.63, 3.8) is 0 Å². The van der Waals surface area contributed by atoms with Gasteiger partial charge in [-0.2, -0.15) is 0 Å². The van der Waals surface area contributed by atoms with E-state index in [0.29, 0.717) is 23.6 Å². The van der Waals surface area contributed by atoms with Crippen LogP contribution in [-0.2, 0) is 0 Å². The van der Waals surface area contributed by atoms with Crippen molar-refractivity contribution < 1.29 is 4.92 Å². The lowest BCUT2D eigenvalue weighted by Gasteiger charge is -2.28. The van der Waals surface area contributed by atoms with Gasteiger partial charge in [0.25, 0.3) is 5.69 Å². The van der Waals surface area contributed by atoms with Gasteiger partial charge >= 0.3 is 0 Å². The molecule has 2 N–H and O–H groups in total. The number of rotatable bonds is 7. The topological polar surface area (TPSA) is 80.1 Å². The number of nitrogens with one attached hydrogen (secondary N) is 2. The van der Waals surface area contributed by atoms with Gasteiger partial charge in [-0.25, -0.2) is 4.98 Å². The molecule has 0 atom stereocenters. The third kappa shape index (κ3) is 3.83. The molecule has 21 heavy (non-hydrogen) atoms. The van der Waals surface area contributed by atoms with Crippen molar-refractivity contribution in [3.8, 4) is 0 Å². The van der Waals surface area contributed by atoms with Crippen LogP contribution in [0.15, 0.2) is 12.1 Å². The average Bonchev–Trinajstić information content (AvgIpc) is 2.95. The van der Waals surface area contributed by atoms with Crippen molar-refractivity contribution in [2.24, 2.45) is 5.41 Å². The molecule has 1 aliphatic carbocycles. The van der Waals surface area contributed by atoms with Crippen LogP contribution in [0.4, 0.5) is 17.3 Å². The van der Waals surface area contributed by atoms with Crippen molar-refractivity contribution in [3.05, 3.63) is 22.2 Å². The molecular weight excluding hydrogens is 268 g/mol. The average molecular weight is 292 g/mol. The maximum atomic E-state index is 11.0. The van der Waals surface area contributed by atoms with E-state index in [0.717, 1.165) is 13.0 Å². The minimum Gasteiger partial charge on any atom is -0.370 e. The summed E-state index contributed by atoms with van der Waals surface area (Å²) in [6.07, 6.45) is 6.15. The first kappa shape index (κ1) is 15.5. The fourth-order valence-electron chi connectivity index (χ4n) is 3.04. The van der Waals surface area contributed by atoms with E-state index < -0.39 is 0 Å². The van der Waals surface area contributed by atoms with Crippen LogP contribution in [-0.4, -0.2) is 23.0 Å². The van der Waals surface area contributed by atoms with E-state index in [1.165, 1.54) is 37.8 Å². The van der Waals surface area contributed by atoms with Crippen LogP contribution in [0.2, 0.25) is 0 Å². The zero-order valence-electron chi connectivity index (χ0n) is 12.8. The van der Waals surface area contributed by atoms with Gasteiger partial charge in [0.05, 0.1) is 17.1 Å². The molecule has 1 aliphatic rings. The molecule has 1 heterocycles. The van der Waals surface area contributed by atoms with Gasteiger partial charge in [0.1, 0.15) is 11.6 Å². The Morgan fingerprint density at radius 2 is 1.86 bits per heavy atom. The minimum atomic E-state index is -0.376. The van der Waals surface area contributed by atoms with Crippen molar-refractivity contribution >= 4 is 17.3 Å². The highest BCUT2D eigenvalue weighted by Crippen LogP contribution is 2.41. The largest absolute Gasteiger partial charge is 0.370 e. The Kier molecular flexibility index (Phi) is 4.98. The van der Waals surface area contributed by atoms with Gasteiger partial charge in [-0.1, -0.05) is 19.8 Å². The molecule has 1 saturated carbocycles. The summed E-state index contributed by atoms with van der Waals surface area (Å²) in [4.78, 5) is 15.0. The van der Waals surface area contributed by atoms with E-state index in [-0.39, 0.29) is 10.6 Å². The molecule has 1 fully saturated rings. The van der Waals surface area contributed by atoms with Crippen LogP contribution in [0.3, 0.4) is 0 Å². The first-order chi connectivity index (χ1) is 10.1. The minimum absolute atomic E-state index is 0.0698. The van der Waals surface area contributed by atoms with Crippen LogP contribution >= 0.6 is 0 Å². The molecular formula is C15H24N4O2. The zero-order valence-corrected chi connectivity index (χ0v) is 12.8. The van der Waals surface area contributed by atoms with Gasteiger partial charge in [-0.15, -0.1) is 0 Å². The van der Waals surface area contributed by atoms with Crippen LogP contribution < -0.4 is 10.6 Å². The molecule has 6 nitrogen and oxygen atoms in total. The fraction of sp³-hybridized carbons (Fsp3) is 0.667. The molecule has 0 aromatic carbocycles. The summed E-state index contributed by atoms with van der Waals surface area (Å²) in [7, 11) is 0. The van der Waals surface area contributed by atoms with Gasteiger partial charge in [0.15, 0.2) is 0 Å². The SMILES string of the molecule is CCNc1cc([N+](=O)[O-])cc(NCC2(CC)CCCC2)n1. The van der Waals surface area contributed by atoms with E-state index in [2.05, 4.69) is 22.5 Å². The molecule has 1 aromatic rings. The Bertz CT molecular complexity index is 498. The summed E-state index contributed by atoms with van der Waals surface area (Å²) in [5.74, 6) is 1.13. The zero-order chi connectivity index (χ0) is 15.3. The normalized spacial score (nSPS) is 16.7. The summed E-state index contributed by atoms with van der Waals surface area (Å²) < 4.78 is 0. The van der Waals surface area contributed by atoms with E-state index >= 15 is 0 Å². The highest BCUT2D eigenvalue weighted by Gasteiger charge is 2.31. The van der Waals surface area contributed by atoms with E-state index in [1.807, 2.05) is 6.92 Å². The smallest absolute Gasteiger partial charge is 0.276 e. The predicted molar refractivity (Wildman–Crippen MR) is 84.7 cm³/mol. The lowest BCUT2D eigenvalue weighted by molar-refractivity contribution is -0.384. The number of hydrogen-bond donors (Lipinski definition) is 2. The second kappa shape index (κ2) is 6.74. The monoisotopic (exact) mass is 292 g/mol. The Labute approximate surface area is 125 Å². The third-order valence-electron chi connectivity index (χ3n) is 4.44. The van der Waals surface area contributed by atoms with Gasteiger partial charge in [0.2, 0.25) is 0 Å². The van der Waals surface area contributed by atoms with E-state index in [4.69, 9.17) is 0 Å². The van der Waals surface area contributed by atoms with Crippen LogP contribution in [0.1, 0.15) is 46.0 Å². The second-order valence-electron chi connectivity index (χ2n) is 5.80. The van der Waals surface area contributed by atoms with Crippen LogP contribution in [0.25, 0.3) is 0 Å². The number of hydrogen-bond acceptors (Lipinski definition) is 5. The highest BCUT2D eigenvalue weighted by molar-refractivity contribution is 5.54. The molecule has 2 rings (SSSR count). The highest BCUT2D eigenvalue weighted by atomic mass is 16.6. The number of aromatic nitrogens is 1. The third-order valence-corrected chi connectivity index (χ3v) is 4.44. The molecule has 0 spiro atoms. The van der Waals surface area contributed by atoms with E-state index in [1.54, 1.807) is 0 Å². The van der Waals surface area contributed by atoms with Crippen LogP contribution in [0.5, 0.6) is 0 Å². The first-order valence-electron chi connectivity index (χ1n) is 7.73. The Hall–Kier alpha value is -1.85. The van der Waals surface area contributed by atoms with Gasteiger partial charge in [0, 0.05) is 13.1 Å². The van der Waals surface area contributed by atoms with Crippen molar-refractivity contribution in [1.82, 2.24) is 4.98 Å². The Balaban J connectivity index is 2.12. The maximum absolute atomic E-state index is 11.0. The maximum Gasteiger partial charge on any atom is 0.276 e. The molecule has 6 heteroatoms. The molecule has 0 unspecified atom stereocenters. The molecule has 0 aliphatic heterocycles. The summed E-state index contributed by atoms with van der Waals surface area (Å²) in [6.45, 7) is 5.69. The predicted octanol–water partition coefficient (Wildman–Crippen LogP) is 3.80. The Morgan fingerprint density at radius 1 is 1.24 bits per heavy atom. The number of anilines is 2. The number of pyridine rings is 1. The number of nitrogens with zero attached hydrogens (tertiary/aromatic N) is 2. The van der Waals surface area contributed by atoms with Crippen molar-refractivity contribution in [2.75, 3.05) is 23.7 Å².